The van der Waals surface area contributed by atoms with E-state index in [1.165, 1.54) is 6.07 Å². The van der Waals surface area contributed by atoms with Crippen molar-refractivity contribution >= 4 is 31.9 Å². The lowest BCUT2D eigenvalue weighted by Crippen LogP contribution is -2.30. The van der Waals surface area contributed by atoms with Crippen molar-refractivity contribution in [3.63, 3.8) is 0 Å². The fourth-order valence-corrected chi connectivity index (χ4v) is 4.04. The van der Waals surface area contributed by atoms with E-state index in [1.807, 2.05) is 13.8 Å². The van der Waals surface area contributed by atoms with E-state index in [2.05, 4.69) is 20.7 Å². The zero-order chi connectivity index (χ0) is 15.3. The fourth-order valence-electron chi connectivity index (χ4n) is 1.74. The molecule has 1 atom stereocenters. The van der Waals surface area contributed by atoms with Gasteiger partial charge in [-0.3, -0.25) is 4.79 Å². The van der Waals surface area contributed by atoms with Crippen LogP contribution in [-0.2, 0) is 14.8 Å². The summed E-state index contributed by atoms with van der Waals surface area (Å²) in [5.41, 5.74) is 0.952. The molecule has 0 fully saturated rings. The molecule has 1 aromatic carbocycles. The molecule has 7 heteroatoms. The highest BCUT2D eigenvalue weighted by molar-refractivity contribution is 9.10. The Morgan fingerprint density at radius 2 is 2.10 bits per heavy atom. The van der Waals surface area contributed by atoms with Gasteiger partial charge in [-0.15, -0.1) is 0 Å². The third-order valence-electron chi connectivity index (χ3n) is 2.98. The van der Waals surface area contributed by atoms with Gasteiger partial charge in [0.1, 0.15) is 0 Å². The zero-order valence-electron chi connectivity index (χ0n) is 11.4. The van der Waals surface area contributed by atoms with E-state index in [0.717, 1.165) is 5.56 Å². The Kier molecular flexibility index (Phi) is 6.16. The van der Waals surface area contributed by atoms with Crippen molar-refractivity contribution in [2.75, 3.05) is 6.54 Å². The predicted octanol–water partition coefficient (Wildman–Crippen LogP) is 2.54. The number of rotatable bonds is 7. The summed E-state index contributed by atoms with van der Waals surface area (Å²) in [5.74, 6) is -1.14. The van der Waals surface area contributed by atoms with Gasteiger partial charge in [-0.1, -0.05) is 19.4 Å². The molecule has 0 radical (unpaired) electrons. The van der Waals surface area contributed by atoms with E-state index in [0.29, 0.717) is 10.9 Å². The molecule has 0 saturated heterocycles. The average Bonchev–Trinajstić information content (AvgIpc) is 2.33. The molecule has 0 bridgehead atoms. The van der Waals surface area contributed by atoms with Crippen molar-refractivity contribution in [2.24, 2.45) is 5.92 Å². The van der Waals surface area contributed by atoms with Crippen molar-refractivity contribution in [1.82, 2.24) is 4.72 Å². The Balaban J connectivity index is 2.82. The number of carboxylic acids is 1. The van der Waals surface area contributed by atoms with E-state index in [4.69, 9.17) is 5.11 Å². The Labute approximate surface area is 127 Å². The number of aryl methyl sites for hydroxylation is 1. The van der Waals surface area contributed by atoms with Crippen LogP contribution in [0.4, 0.5) is 0 Å². The summed E-state index contributed by atoms with van der Waals surface area (Å²) in [4.78, 5) is 10.8. The third-order valence-corrected chi connectivity index (χ3v) is 5.38. The van der Waals surface area contributed by atoms with E-state index in [9.17, 15) is 13.2 Å². The number of carbonyl (C=O) groups is 1. The van der Waals surface area contributed by atoms with Crippen LogP contribution in [0.2, 0.25) is 0 Å². The molecule has 0 aliphatic heterocycles. The molecular formula is C13H18BrNO4S. The minimum Gasteiger partial charge on any atom is -0.481 e. The molecule has 0 saturated carbocycles. The molecule has 20 heavy (non-hydrogen) atoms. The Hall–Kier alpha value is -0.920. The molecular weight excluding hydrogens is 346 g/mol. The highest BCUT2D eigenvalue weighted by Gasteiger charge is 2.20. The maximum Gasteiger partial charge on any atom is 0.303 e. The molecule has 0 aliphatic rings. The largest absolute Gasteiger partial charge is 0.481 e. The first kappa shape index (κ1) is 17.1. The number of sulfonamides is 1. The van der Waals surface area contributed by atoms with E-state index >= 15 is 0 Å². The Bertz CT molecular complexity index is 586. The van der Waals surface area contributed by atoms with Gasteiger partial charge in [0.2, 0.25) is 10.0 Å². The van der Waals surface area contributed by atoms with Crippen LogP contribution in [0.25, 0.3) is 0 Å². The lowest BCUT2D eigenvalue weighted by atomic mass is 10.0. The van der Waals surface area contributed by atoms with Crippen LogP contribution in [0.15, 0.2) is 27.6 Å². The molecule has 5 nitrogen and oxygen atoms in total. The molecule has 1 rings (SSSR count). The molecule has 0 spiro atoms. The number of nitrogens with one attached hydrogen (secondary N) is 1. The highest BCUT2D eigenvalue weighted by Crippen LogP contribution is 2.23. The molecule has 1 unspecified atom stereocenters. The van der Waals surface area contributed by atoms with Gasteiger partial charge in [-0.05, 0) is 46.5 Å². The monoisotopic (exact) mass is 363 g/mol. The second-order valence-electron chi connectivity index (χ2n) is 4.66. The standard InChI is InChI=1S/C13H18BrNO4S/c1-3-10(7-13(16)17)8-15-20(18,19)12-5-4-9(2)6-11(12)14/h4-6,10,15H,3,7-8H2,1-2H3,(H,16,17). The number of benzene rings is 1. The maximum absolute atomic E-state index is 12.2. The van der Waals surface area contributed by atoms with Gasteiger partial charge in [0.05, 0.1) is 4.90 Å². The SMILES string of the molecule is CCC(CNS(=O)(=O)c1ccc(C)cc1Br)CC(=O)O. The molecule has 1 aromatic rings. The van der Waals surface area contributed by atoms with Crippen LogP contribution >= 0.6 is 15.9 Å². The first-order valence-corrected chi connectivity index (χ1v) is 8.51. The molecule has 2 N–H and O–H groups in total. The van der Waals surface area contributed by atoms with Crippen LogP contribution in [0.5, 0.6) is 0 Å². The maximum atomic E-state index is 12.2. The summed E-state index contributed by atoms with van der Waals surface area (Å²) in [6.07, 6.45) is 0.554. The molecule has 0 aliphatic carbocycles. The smallest absolute Gasteiger partial charge is 0.303 e. The summed E-state index contributed by atoms with van der Waals surface area (Å²) in [6, 6.07) is 4.97. The van der Waals surface area contributed by atoms with Gasteiger partial charge in [0.25, 0.3) is 0 Å². The Morgan fingerprint density at radius 1 is 1.45 bits per heavy atom. The van der Waals surface area contributed by atoms with Gasteiger partial charge < -0.3 is 5.11 Å². The number of carboxylic acid groups (broad SMARTS) is 1. The number of hydrogen-bond acceptors (Lipinski definition) is 3. The second kappa shape index (κ2) is 7.19. The summed E-state index contributed by atoms with van der Waals surface area (Å²) >= 11 is 3.23. The lowest BCUT2D eigenvalue weighted by molar-refractivity contribution is -0.138. The van der Waals surface area contributed by atoms with E-state index in [1.54, 1.807) is 12.1 Å². The fraction of sp³-hybridized carbons (Fsp3) is 0.462. The van der Waals surface area contributed by atoms with Crippen molar-refractivity contribution < 1.29 is 18.3 Å². The first-order valence-electron chi connectivity index (χ1n) is 6.24. The van der Waals surface area contributed by atoms with Crippen molar-refractivity contribution in [1.29, 1.82) is 0 Å². The number of halogens is 1. The van der Waals surface area contributed by atoms with Crippen LogP contribution in [0, 0.1) is 12.8 Å². The number of hydrogen-bond donors (Lipinski definition) is 2. The normalized spacial score (nSPS) is 13.2. The highest BCUT2D eigenvalue weighted by atomic mass is 79.9. The molecule has 0 aromatic heterocycles. The van der Waals surface area contributed by atoms with E-state index < -0.39 is 16.0 Å². The second-order valence-corrected chi connectivity index (χ2v) is 7.25. The topological polar surface area (TPSA) is 83.5 Å². The van der Waals surface area contributed by atoms with Crippen LogP contribution in [-0.4, -0.2) is 26.0 Å². The summed E-state index contributed by atoms with van der Waals surface area (Å²) < 4.78 is 27.3. The summed E-state index contributed by atoms with van der Waals surface area (Å²) in [5, 5.41) is 8.75. The number of aliphatic carboxylic acids is 1. The van der Waals surface area contributed by atoms with Gasteiger partial charge >= 0.3 is 5.97 Å². The van der Waals surface area contributed by atoms with E-state index in [-0.39, 0.29) is 23.8 Å². The molecule has 0 amide bonds. The Morgan fingerprint density at radius 3 is 2.60 bits per heavy atom. The average molecular weight is 364 g/mol. The third kappa shape index (κ3) is 4.88. The molecule has 0 heterocycles. The van der Waals surface area contributed by atoms with Crippen molar-refractivity contribution in [3.8, 4) is 0 Å². The summed E-state index contributed by atoms with van der Waals surface area (Å²) in [6.45, 7) is 3.82. The van der Waals surface area contributed by atoms with Crippen LogP contribution in [0.1, 0.15) is 25.3 Å². The minimum absolute atomic E-state index is 0.0475. The predicted molar refractivity (Wildman–Crippen MR) is 80.1 cm³/mol. The van der Waals surface area contributed by atoms with Gasteiger partial charge in [-0.25, -0.2) is 13.1 Å². The minimum atomic E-state index is -3.64. The zero-order valence-corrected chi connectivity index (χ0v) is 13.8. The van der Waals surface area contributed by atoms with Crippen LogP contribution in [0.3, 0.4) is 0 Å². The van der Waals surface area contributed by atoms with Crippen molar-refractivity contribution in [3.05, 3.63) is 28.2 Å². The van der Waals surface area contributed by atoms with Gasteiger partial charge in [0.15, 0.2) is 0 Å². The van der Waals surface area contributed by atoms with Crippen molar-refractivity contribution in [2.45, 2.75) is 31.6 Å². The molecule has 112 valence electrons. The first-order chi connectivity index (χ1) is 9.26. The van der Waals surface area contributed by atoms with Gasteiger partial charge in [-0.2, -0.15) is 0 Å². The lowest BCUT2D eigenvalue weighted by Gasteiger charge is -2.14. The summed E-state index contributed by atoms with van der Waals surface area (Å²) in [7, 11) is -3.64. The van der Waals surface area contributed by atoms with Gasteiger partial charge in [0, 0.05) is 17.4 Å². The van der Waals surface area contributed by atoms with Crippen LogP contribution < -0.4 is 4.72 Å². The quantitative estimate of drug-likeness (QED) is 0.779.